The lowest BCUT2D eigenvalue weighted by Gasteiger charge is -2.27. The number of ether oxygens (including phenoxy) is 1. The average molecular weight is 453 g/mol. The Morgan fingerprint density at radius 1 is 1.07 bits per heavy atom. The maximum Gasteiger partial charge on any atom is 0.281 e. The van der Waals surface area contributed by atoms with E-state index in [9.17, 15) is 9.90 Å². The fourth-order valence-electron chi connectivity index (χ4n) is 2.90. The second-order valence-corrected chi connectivity index (χ2v) is 7.12. The van der Waals surface area contributed by atoms with Crippen molar-refractivity contribution in [3.8, 4) is 5.75 Å². The van der Waals surface area contributed by atoms with Crippen molar-refractivity contribution in [3.63, 3.8) is 0 Å². The molecule has 0 heterocycles. The van der Waals surface area contributed by atoms with Crippen molar-refractivity contribution in [1.29, 1.82) is 0 Å². The number of halogens is 1. The van der Waals surface area contributed by atoms with Crippen LogP contribution in [-0.2, 0) is 10.4 Å². The van der Waals surface area contributed by atoms with E-state index in [0.717, 1.165) is 15.8 Å². The Hall–Kier alpha value is -2.96. The summed E-state index contributed by atoms with van der Waals surface area (Å²) in [5, 5.41) is 15.4. The Morgan fingerprint density at radius 2 is 1.66 bits per heavy atom. The number of benzene rings is 3. The Balaban J connectivity index is 1.83. The molecule has 0 aliphatic rings. The third kappa shape index (κ3) is 4.72. The van der Waals surface area contributed by atoms with Gasteiger partial charge in [0.1, 0.15) is 5.75 Å². The third-order valence-corrected chi connectivity index (χ3v) is 4.97. The van der Waals surface area contributed by atoms with Crippen LogP contribution in [0.25, 0.3) is 0 Å². The minimum Gasteiger partial charge on any atom is -0.493 e. The van der Waals surface area contributed by atoms with E-state index in [2.05, 4.69) is 26.5 Å². The molecule has 6 heteroatoms. The number of hydrogen-bond donors (Lipinski definition) is 2. The van der Waals surface area contributed by atoms with Gasteiger partial charge < -0.3 is 9.84 Å². The average Bonchev–Trinajstić information content (AvgIpc) is 2.76. The Kier molecular flexibility index (Phi) is 6.80. The molecule has 29 heavy (non-hydrogen) atoms. The number of amides is 1. The van der Waals surface area contributed by atoms with E-state index in [1.54, 1.807) is 48.5 Å². The van der Waals surface area contributed by atoms with Gasteiger partial charge in [-0.05, 0) is 57.7 Å². The minimum atomic E-state index is -1.86. The van der Waals surface area contributed by atoms with Gasteiger partial charge >= 0.3 is 0 Å². The van der Waals surface area contributed by atoms with Crippen LogP contribution in [0.4, 0.5) is 0 Å². The maximum absolute atomic E-state index is 13.0. The largest absolute Gasteiger partial charge is 0.493 e. The van der Waals surface area contributed by atoms with Crippen LogP contribution in [0.5, 0.6) is 5.75 Å². The molecule has 148 valence electrons. The molecule has 0 radical (unpaired) electrons. The van der Waals surface area contributed by atoms with Gasteiger partial charge in [-0.3, -0.25) is 4.79 Å². The van der Waals surface area contributed by atoms with Gasteiger partial charge in [-0.25, -0.2) is 5.43 Å². The van der Waals surface area contributed by atoms with Crippen LogP contribution >= 0.6 is 15.9 Å². The summed E-state index contributed by atoms with van der Waals surface area (Å²) in [6.45, 7) is 2.48. The number of rotatable bonds is 7. The smallest absolute Gasteiger partial charge is 0.281 e. The molecule has 0 bridgehead atoms. The van der Waals surface area contributed by atoms with Crippen molar-refractivity contribution in [3.05, 3.63) is 100 Å². The minimum absolute atomic E-state index is 0.461. The zero-order valence-electron chi connectivity index (χ0n) is 15.9. The summed E-state index contributed by atoms with van der Waals surface area (Å²) < 4.78 is 6.27. The van der Waals surface area contributed by atoms with Crippen molar-refractivity contribution in [2.45, 2.75) is 12.5 Å². The molecule has 3 aromatic carbocycles. The first-order chi connectivity index (χ1) is 14.1. The van der Waals surface area contributed by atoms with Crippen molar-refractivity contribution in [2.75, 3.05) is 6.61 Å². The van der Waals surface area contributed by atoms with Crippen LogP contribution in [0.2, 0.25) is 0 Å². The van der Waals surface area contributed by atoms with Gasteiger partial charge in [0.2, 0.25) is 0 Å². The van der Waals surface area contributed by atoms with Gasteiger partial charge in [-0.1, -0.05) is 60.7 Å². The monoisotopic (exact) mass is 452 g/mol. The Labute approximate surface area is 178 Å². The van der Waals surface area contributed by atoms with E-state index in [1.165, 1.54) is 6.21 Å². The van der Waals surface area contributed by atoms with Gasteiger partial charge in [0.15, 0.2) is 5.60 Å². The number of aliphatic hydroxyl groups is 1. The van der Waals surface area contributed by atoms with E-state index in [-0.39, 0.29) is 0 Å². The molecular formula is C23H21BrN2O3. The topological polar surface area (TPSA) is 70.9 Å². The van der Waals surface area contributed by atoms with Crippen molar-refractivity contribution in [2.24, 2.45) is 5.10 Å². The van der Waals surface area contributed by atoms with E-state index < -0.39 is 11.5 Å². The molecule has 0 saturated carbocycles. The molecule has 0 aliphatic carbocycles. The number of carbonyl (C=O) groups excluding carboxylic acids is 1. The van der Waals surface area contributed by atoms with E-state index in [0.29, 0.717) is 17.7 Å². The highest BCUT2D eigenvalue weighted by Crippen LogP contribution is 2.30. The quantitative estimate of drug-likeness (QED) is 0.416. The number of carbonyl (C=O) groups is 1. The van der Waals surface area contributed by atoms with Gasteiger partial charge in [0.05, 0.1) is 17.3 Å². The zero-order valence-corrected chi connectivity index (χ0v) is 17.5. The summed E-state index contributed by atoms with van der Waals surface area (Å²) in [6.07, 6.45) is 1.51. The third-order valence-electron chi connectivity index (χ3n) is 4.35. The fraction of sp³-hybridized carbons (Fsp3) is 0.130. The lowest BCUT2D eigenvalue weighted by atomic mass is 9.85. The predicted octanol–water partition coefficient (Wildman–Crippen LogP) is 4.23. The molecule has 0 unspecified atom stereocenters. The summed E-state index contributed by atoms with van der Waals surface area (Å²) in [5.41, 5.74) is 2.29. The molecule has 3 aromatic rings. The van der Waals surface area contributed by atoms with Gasteiger partial charge in [-0.15, -0.1) is 0 Å². The molecule has 0 fully saturated rings. The van der Waals surface area contributed by atoms with Crippen LogP contribution in [0.15, 0.2) is 88.4 Å². The molecule has 0 atom stereocenters. The van der Waals surface area contributed by atoms with Crippen LogP contribution < -0.4 is 10.2 Å². The van der Waals surface area contributed by atoms with E-state index in [1.807, 2.05) is 37.3 Å². The van der Waals surface area contributed by atoms with Crippen molar-refractivity contribution in [1.82, 2.24) is 5.43 Å². The van der Waals surface area contributed by atoms with Gasteiger partial charge in [0.25, 0.3) is 5.91 Å². The summed E-state index contributed by atoms with van der Waals surface area (Å²) in [7, 11) is 0. The molecule has 1 amide bonds. The Bertz CT molecular complexity index is 952. The summed E-state index contributed by atoms with van der Waals surface area (Å²) >= 11 is 3.45. The van der Waals surface area contributed by atoms with Crippen LogP contribution in [0, 0.1) is 0 Å². The predicted molar refractivity (Wildman–Crippen MR) is 117 cm³/mol. The normalized spacial score (nSPS) is 11.4. The van der Waals surface area contributed by atoms with E-state index in [4.69, 9.17) is 4.74 Å². The number of hydrogen-bond acceptors (Lipinski definition) is 4. The van der Waals surface area contributed by atoms with E-state index >= 15 is 0 Å². The first-order valence-corrected chi connectivity index (χ1v) is 9.94. The molecular weight excluding hydrogens is 432 g/mol. The maximum atomic E-state index is 13.0. The molecule has 5 nitrogen and oxygen atoms in total. The van der Waals surface area contributed by atoms with Crippen LogP contribution in [-0.4, -0.2) is 23.8 Å². The molecule has 0 aromatic heterocycles. The van der Waals surface area contributed by atoms with Gasteiger partial charge in [0, 0.05) is 0 Å². The van der Waals surface area contributed by atoms with Gasteiger partial charge in [-0.2, -0.15) is 5.10 Å². The first kappa shape index (κ1) is 20.8. The van der Waals surface area contributed by atoms with Crippen molar-refractivity contribution < 1.29 is 14.6 Å². The van der Waals surface area contributed by atoms with Crippen LogP contribution in [0.1, 0.15) is 23.6 Å². The SMILES string of the molecule is CCOc1ccc(C=NNC(=O)C(O)(c2ccccc2)c2ccccc2)cc1Br. The number of hydrazone groups is 1. The molecule has 2 N–H and O–H groups in total. The molecule has 0 spiro atoms. The van der Waals surface area contributed by atoms with Crippen molar-refractivity contribution >= 4 is 28.1 Å². The summed E-state index contributed by atoms with van der Waals surface area (Å²) in [5.74, 6) is 0.0902. The number of nitrogens with one attached hydrogen (secondary N) is 1. The summed E-state index contributed by atoms with van der Waals surface area (Å²) in [4.78, 5) is 13.0. The summed E-state index contributed by atoms with van der Waals surface area (Å²) in [6, 6.07) is 23.1. The highest BCUT2D eigenvalue weighted by Gasteiger charge is 2.39. The van der Waals surface area contributed by atoms with Crippen LogP contribution in [0.3, 0.4) is 0 Å². The molecule has 0 aliphatic heterocycles. The molecule has 0 saturated heterocycles. The second-order valence-electron chi connectivity index (χ2n) is 6.26. The first-order valence-electron chi connectivity index (χ1n) is 9.15. The lowest BCUT2D eigenvalue weighted by molar-refractivity contribution is -0.136. The molecule has 3 rings (SSSR count). The fourth-order valence-corrected chi connectivity index (χ4v) is 3.41. The zero-order chi connectivity index (χ0) is 20.7. The number of nitrogens with zero attached hydrogens (tertiary/aromatic N) is 1. The standard InChI is InChI=1S/C23H21BrN2O3/c1-2-29-21-14-13-17(15-20(21)24)16-25-26-22(27)23(28,18-9-5-3-6-10-18)19-11-7-4-8-12-19/h3-16,28H,2H2,1H3,(H,26,27). The lowest BCUT2D eigenvalue weighted by Crippen LogP contribution is -2.43. The highest BCUT2D eigenvalue weighted by atomic mass is 79.9. The Morgan fingerprint density at radius 3 is 2.17 bits per heavy atom. The highest BCUT2D eigenvalue weighted by molar-refractivity contribution is 9.10. The second kappa shape index (κ2) is 9.49.